The Balaban J connectivity index is -0.000000294. The molecule has 0 aliphatic rings. The molecule has 0 aromatic rings. The maximum absolute atomic E-state index is 4.89. The zero-order valence-corrected chi connectivity index (χ0v) is 20.1. The van der Waals surface area contributed by atoms with E-state index in [4.69, 9.17) is 49.7 Å². The third-order valence-corrected chi connectivity index (χ3v) is 3.52. The van der Waals surface area contributed by atoms with Crippen LogP contribution in [0.5, 0.6) is 0 Å². The van der Waals surface area contributed by atoms with Gasteiger partial charge in [-0.2, -0.15) is 0 Å². The molecule has 0 N–H and O–H groups in total. The molecule has 22 heavy (non-hydrogen) atoms. The Kier molecular flexibility index (Phi) is 28.1. The van der Waals surface area contributed by atoms with Crippen LogP contribution in [0.15, 0.2) is 0 Å². The fourth-order valence-electron chi connectivity index (χ4n) is 1.67. The first-order valence-electron chi connectivity index (χ1n) is 7.52. The van der Waals surface area contributed by atoms with E-state index in [0.717, 1.165) is 51.9 Å². The van der Waals surface area contributed by atoms with Gasteiger partial charge in [-0.3, -0.25) is 0 Å². The van der Waals surface area contributed by atoms with Crippen molar-refractivity contribution in [1.82, 2.24) is 9.80 Å². The van der Waals surface area contributed by atoms with Gasteiger partial charge in [0, 0.05) is 26.2 Å². The Hall–Kier alpha value is 1.13. The van der Waals surface area contributed by atoms with Crippen molar-refractivity contribution in [1.29, 1.82) is 0 Å². The van der Waals surface area contributed by atoms with Gasteiger partial charge >= 0.3 is 27.8 Å². The molecule has 0 aromatic carbocycles. The average molecular weight is 481 g/mol. The fraction of sp³-hybridized carbons (Fsp3) is 0.857. The van der Waals surface area contributed by atoms with Gasteiger partial charge in [-0.05, 0) is 25.7 Å². The Bertz CT molecular complexity index is 242. The predicted octanol–water partition coefficient (Wildman–Crippen LogP) is 4.53. The van der Waals surface area contributed by atoms with Gasteiger partial charge in [0.2, 0.25) is 0 Å². The fourth-order valence-corrected chi connectivity index (χ4v) is 2.40. The van der Waals surface area contributed by atoms with Crippen LogP contribution in [0.1, 0.15) is 53.4 Å². The van der Waals surface area contributed by atoms with Crippen LogP contribution in [-0.4, -0.2) is 44.6 Å². The standard InChI is InChI=1S/2C7H15NS2.Mo.S/c2*1-3-5-8(6-4-2)7(9)10;;/h2*3-6H2,1-2H3,(H,9,10);;/q;;+2;/p-2. The predicted molar refractivity (Wildman–Crippen MR) is 112 cm³/mol. The van der Waals surface area contributed by atoms with Crippen molar-refractivity contribution in [3.63, 3.8) is 0 Å². The molecule has 0 saturated carbocycles. The zero-order chi connectivity index (χ0) is 18.0. The monoisotopic (exact) mass is 482 g/mol. The van der Waals surface area contributed by atoms with Crippen molar-refractivity contribution in [3.8, 4) is 0 Å². The molecule has 0 rings (SSSR count). The van der Waals surface area contributed by atoms with Crippen molar-refractivity contribution in [2.45, 2.75) is 53.4 Å². The summed E-state index contributed by atoms with van der Waals surface area (Å²) in [6, 6.07) is 0. The van der Waals surface area contributed by atoms with Gasteiger partial charge in [0.05, 0.1) is 0 Å². The molecular formula is C14H28MoN2S5. The zero-order valence-electron chi connectivity index (χ0n) is 14.0. The molecule has 0 aliphatic carbocycles. The topological polar surface area (TPSA) is 6.48 Å². The SMILES string of the molecule is CCCN(CCC)C(=S)[S-].CCCN(CCC)C(=S)[S-].[S]=[Mo+2]. The van der Waals surface area contributed by atoms with Crippen LogP contribution in [0.2, 0.25) is 0 Å². The van der Waals surface area contributed by atoms with Gasteiger partial charge in [-0.15, -0.1) is 0 Å². The summed E-state index contributed by atoms with van der Waals surface area (Å²) in [6.45, 7) is 12.6. The van der Waals surface area contributed by atoms with Crippen LogP contribution in [-0.2, 0) is 43.3 Å². The van der Waals surface area contributed by atoms with E-state index in [-0.39, 0.29) is 0 Å². The van der Waals surface area contributed by atoms with Crippen LogP contribution in [0.4, 0.5) is 0 Å². The first-order valence-corrected chi connectivity index (χ1v) is 11.9. The summed E-state index contributed by atoms with van der Waals surface area (Å²) in [5.41, 5.74) is 0. The molecule has 130 valence electrons. The number of hydrogen-bond donors (Lipinski definition) is 0. The van der Waals surface area contributed by atoms with E-state index in [0.29, 0.717) is 8.64 Å². The van der Waals surface area contributed by atoms with Gasteiger partial charge in [0.1, 0.15) is 0 Å². The number of hydrogen-bond acceptors (Lipinski definition) is 5. The molecule has 0 bridgehead atoms. The van der Waals surface area contributed by atoms with Crippen molar-refractivity contribution >= 4 is 68.2 Å². The number of nitrogens with zero attached hydrogens (tertiary/aromatic N) is 2. The van der Waals surface area contributed by atoms with Crippen LogP contribution in [0, 0.1) is 0 Å². The Morgan fingerprint density at radius 1 is 0.682 bits per heavy atom. The molecule has 0 atom stereocenters. The van der Waals surface area contributed by atoms with Crippen LogP contribution >= 0.6 is 34.3 Å². The molecule has 8 heteroatoms. The summed E-state index contributed by atoms with van der Waals surface area (Å²) in [7, 11) is 4.09. The van der Waals surface area contributed by atoms with E-state index in [9.17, 15) is 0 Å². The molecule has 0 spiro atoms. The molecular weight excluding hydrogens is 452 g/mol. The van der Waals surface area contributed by atoms with E-state index >= 15 is 0 Å². The number of thiocarbonyl (C=S) groups is 2. The summed E-state index contributed by atoms with van der Waals surface area (Å²) in [5, 5.41) is 0. The van der Waals surface area contributed by atoms with E-state index in [1.54, 1.807) is 0 Å². The molecule has 0 heterocycles. The second-order valence-corrected chi connectivity index (χ2v) is 6.57. The molecule has 0 amide bonds. The Morgan fingerprint density at radius 3 is 0.955 bits per heavy atom. The van der Waals surface area contributed by atoms with E-state index < -0.39 is 0 Å². The first kappa shape index (κ1) is 28.0. The van der Waals surface area contributed by atoms with Crippen LogP contribution in [0.25, 0.3) is 0 Å². The van der Waals surface area contributed by atoms with Gasteiger partial charge in [-0.25, -0.2) is 0 Å². The van der Waals surface area contributed by atoms with Crippen molar-refractivity contribution in [2.24, 2.45) is 0 Å². The summed E-state index contributed by atoms with van der Waals surface area (Å²) in [5.74, 6) is 0. The second-order valence-electron chi connectivity index (χ2n) is 4.51. The van der Waals surface area contributed by atoms with Crippen LogP contribution < -0.4 is 0 Å². The molecule has 0 aliphatic heterocycles. The number of rotatable bonds is 8. The quantitative estimate of drug-likeness (QED) is 0.283. The van der Waals surface area contributed by atoms with E-state index in [1.165, 1.54) is 18.0 Å². The molecule has 0 fully saturated rings. The van der Waals surface area contributed by atoms with E-state index in [2.05, 4.69) is 47.3 Å². The minimum absolute atomic E-state index is 0.615. The third kappa shape index (κ3) is 19.2. The Morgan fingerprint density at radius 2 is 0.864 bits per heavy atom. The Labute approximate surface area is 174 Å². The van der Waals surface area contributed by atoms with Gasteiger partial charge in [0.15, 0.2) is 0 Å². The maximum atomic E-state index is 4.89. The normalized spacial score (nSPS) is 8.68. The van der Waals surface area contributed by atoms with Crippen molar-refractivity contribution < 1.29 is 18.0 Å². The van der Waals surface area contributed by atoms with Gasteiger partial charge < -0.3 is 59.5 Å². The van der Waals surface area contributed by atoms with Crippen molar-refractivity contribution in [2.75, 3.05) is 26.2 Å². The molecule has 2 nitrogen and oxygen atoms in total. The summed E-state index contributed by atoms with van der Waals surface area (Å²) < 4.78 is 1.23. The van der Waals surface area contributed by atoms with Crippen molar-refractivity contribution in [3.05, 3.63) is 0 Å². The van der Waals surface area contributed by atoms with Gasteiger partial charge in [-0.1, -0.05) is 36.3 Å². The average Bonchev–Trinajstić information content (AvgIpc) is 2.49. The van der Waals surface area contributed by atoms with E-state index in [1.807, 2.05) is 0 Å². The third-order valence-electron chi connectivity index (χ3n) is 2.49. The van der Waals surface area contributed by atoms with Crippen LogP contribution in [0.3, 0.4) is 0 Å². The first-order chi connectivity index (χ1) is 10.4. The minimum atomic E-state index is 0.615. The molecule has 0 unspecified atom stereocenters. The summed E-state index contributed by atoms with van der Waals surface area (Å²) >= 11 is 21.1. The summed E-state index contributed by atoms with van der Waals surface area (Å²) in [6.07, 6.45) is 4.49. The molecule has 0 aromatic heterocycles. The van der Waals surface area contributed by atoms with Gasteiger partial charge in [0.25, 0.3) is 0 Å². The summed E-state index contributed by atoms with van der Waals surface area (Å²) in [4.78, 5) is 4.15. The molecule has 0 saturated heterocycles. The second kappa shape index (κ2) is 22.1. The molecule has 0 radical (unpaired) electrons.